The Kier molecular flexibility index (Phi) is 5.77. The van der Waals surface area contributed by atoms with E-state index < -0.39 is 5.97 Å². The highest BCUT2D eigenvalue weighted by Gasteiger charge is 2.16. The first-order valence-electron chi connectivity index (χ1n) is 6.21. The van der Waals surface area contributed by atoms with Crippen LogP contribution in [0.4, 0.5) is 0 Å². The minimum Gasteiger partial charge on any atom is -0.481 e. The zero-order valence-corrected chi connectivity index (χ0v) is 10.4. The monoisotopic (exact) mass is 228 g/mol. The summed E-state index contributed by atoms with van der Waals surface area (Å²) < 4.78 is 0. The number of piperidine rings is 1. The molecule has 1 aliphatic rings. The van der Waals surface area contributed by atoms with Gasteiger partial charge in [-0.25, -0.2) is 0 Å². The predicted molar refractivity (Wildman–Crippen MR) is 64.5 cm³/mol. The maximum absolute atomic E-state index is 10.6. The predicted octanol–water partition coefficient (Wildman–Crippen LogP) is 1.03. The van der Waals surface area contributed by atoms with Crippen molar-refractivity contribution in [2.45, 2.75) is 26.2 Å². The van der Waals surface area contributed by atoms with Crippen LogP contribution in [0, 0.1) is 11.8 Å². The maximum Gasteiger partial charge on any atom is 0.306 e. The molecule has 0 aliphatic carbocycles. The highest BCUT2D eigenvalue weighted by atomic mass is 16.4. The Morgan fingerprint density at radius 2 is 2.12 bits per heavy atom. The summed E-state index contributed by atoms with van der Waals surface area (Å²) in [6.45, 7) is 6.01. The minimum atomic E-state index is -0.693. The largest absolute Gasteiger partial charge is 0.481 e. The highest BCUT2D eigenvalue weighted by molar-refractivity contribution is 5.69. The van der Waals surface area contributed by atoms with Gasteiger partial charge in [-0.05, 0) is 58.4 Å². The number of hydrogen-bond acceptors (Lipinski definition) is 3. The first-order valence-corrected chi connectivity index (χ1v) is 6.21. The molecule has 2 N–H and O–H groups in total. The second kappa shape index (κ2) is 6.86. The molecule has 1 rings (SSSR count). The Morgan fingerprint density at radius 1 is 1.50 bits per heavy atom. The van der Waals surface area contributed by atoms with Crippen molar-refractivity contribution in [3.63, 3.8) is 0 Å². The second-order valence-corrected chi connectivity index (χ2v) is 4.98. The molecule has 94 valence electrons. The number of carbonyl (C=O) groups is 1. The molecular weight excluding hydrogens is 204 g/mol. The van der Waals surface area contributed by atoms with E-state index in [0.29, 0.717) is 0 Å². The summed E-state index contributed by atoms with van der Waals surface area (Å²) >= 11 is 0. The molecular formula is C12H24N2O2. The summed E-state index contributed by atoms with van der Waals surface area (Å²) in [5.41, 5.74) is 0. The molecule has 1 aliphatic heterocycles. The van der Waals surface area contributed by atoms with E-state index in [9.17, 15) is 4.79 Å². The Labute approximate surface area is 98.0 Å². The van der Waals surface area contributed by atoms with E-state index in [1.165, 1.54) is 25.9 Å². The van der Waals surface area contributed by atoms with E-state index >= 15 is 0 Å². The maximum atomic E-state index is 10.6. The van der Waals surface area contributed by atoms with E-state index in [2.05, 4.69) is 17.3 Å². The van der Waals surface area contributed by atoms with Crippen molar-refractivity contribution in [1.82, 2.24) is 10.2 Å². The van der Waals surface area contributed by atoms with Gasteiger partial charge in [-0.15, -0.1) is 0 Å². The van der Waals surface area contributed by atoms with Crippen molar-refractivity contribution in [3.05, 3.63) is 0 Å². The third kappa shape index (κ3) is 4.94. The van der Waals surface area contributed by atoms with Gasteiger partial charge in [0.05, 0.1) is 5.92 Å². The Balaban J connectivity index is 2.01. The van der Waals surface area contributed by atoms with Crippen molar-refractivity contribution in [1.29, 1.82) is 0 Å². The topological polar surface area (TPSA) is 52.6 Å². The Bertz CT molecular complexity index is 213. The molecule has 1 saturated heterocycles. The summed E-state index contributed by atoms with van der Waals surface area (Å²) in [6.07, 6.45) is 3.25. The van der Waals surface area contributed by atoms with Gasteiger partial charge in [0, 0.05) is 0 Å². The fraction of sp³-hybridized carbons (Fsp3) is 0.917. The molecule has 0 bridgehead atoms. The molecule has 0 aromatic heterocycles. The Hall–Kier alpha value is -0.610. The minimum absolute atomic E-state index is 0.231. The third-order valence-electron chi connectivity index (χ3n) is 3.45. The molecule has 4 heteroatoms. The zero-order chi connectivity index (χ0) is 12.0. The first-order chi connectivity index (χ1) is 7.59. The van der Waals surface area contributed by atoms with E-state index in [1.54, 1.807) is 6.92 Å². The lowest BCUT2D eigenvalue weighted by Gasteiger charge is -2.29. The number of aliphatic carboxylic acids is 1. The molecule has 16 heavy (non-hydrogen) atoms. The average molecular weight is 228 g/mol. The normalized spacial score (nSPS) is 20.9. The van der Waals surface area contributed by atoms with Gasteiger partial charge in [-0.2, -0.15) is 0 Å². The summed E-state index contributed by atoms with van der Waals surface area (Å²) in [7, 11) is 2.16. The van der Waals surface area contributed by atoms with Gasteiger partial charge in [-0.1, -0.05) is 6.92 Å². The van der Waals surface area contributed by atoms with Crippen LogP contribution in [0.25, 0.3) is 0 Å². The molecule has 1 heterocycles. The molecule has 1 fully saturated rings. The smallest absolute Gasteiger partial charge is 0.306 e. The summed E-state index contributed by atoms with van der Waals surface area (Å²) in [6, 6.07) is 0. The molecule has 0 aromatic rings. The molecule has 0 aromatic carbocycles. The fourth-order valence-electron chi connectivity index (χ4n) is 2.01. The summed E-state index contributed by atoms with van der Waals surface area (Å²) in [5, 5.41) is 12.1. The van der Waals surface area contributed by atoms with Crippen LogP contribution in [0.15, 0.2) is 0 Å². The van der Waals surface area contributed by atoms with E-state index in [-0.39, 0.29) is 5.92 Å². The first kappa shape index (κ1) is 13.5. The van der Waals surface area contributed by atoms with Crippen LogP contribution < -0.4 is 5.32 Å². The lowest BCUT2D eigenvalue weighted by molar-refractivity contribution is -0.141. The van der Waals surface area contributed by atoms with Crippen molar-refractivity contribution >= 4 is 5.97 Å². The lowest BCUT2D eigenvalue weighted by atomic mass is 9.97. The third-order valence-corrected chi connectivity index (χ3v) is 3.45. The van der Waals surface area contributed by atoms with Crippen molar-refractivity contribution in [2.75, 3.05) is 33.2 Å². The molecule has 4 nitrogen and oxygen atoms in total. The van der Waals surface area contributed by atoms with Crippen LogP contribution in [-0.4, -0.2) is 49.2 Å². The molecule has 0 saturated carbocycles. The van der Waals surface area contributed by atoms with Gasteiger partial charge in [-0.3, -0.25) is 4.79 Å². The molecule has 0 spiro atoms. The van der Waals surface area contributed by atoms with E-state index in [0.717, 1.165) is 25.4 Å². The zero-order valence-electron chi connectivity index (χ0n) is 10.4. The molecule has 0 amide bonds. The van der Waals surface area contributed by atoms with Crippen LogP contribution in [0.2, 0.25) is 0 Å². The van der Waals surface area contributed by atoms with Gasteiger partial charge in [0.1, 0.15) is 0 Å². The Morgan fingerprint density at radius 3 is 2.69 bits per heavy atom. The number of rotatable bonds is 6. The molecule has 1 unspecified atom stereocenters. The van der Waals surface area contributed by atoms with Gasteiger partial charge < -0.3 is 15.3 Å². The van der Waals surface area contributed by atoms with E-state index in [4.69, 9.17) is 5.11 Å². The van der Waals surface area contributed by atoms with Gasteiger partial charge in [0.15, 0.2) is 0 Å². The quantitative estimate of drug-likeness (QED) is 0.667. The number of nitrogens with one attached hydrogen (secondary N) is 1. The van der Waals surface area contributed by atoms with Crippen molar-refractivity contribution < 1.29 is 9.90 Å². The van der Waals surface area contributed by atoms with Gasteiger partial charge in [0.2, 0.25) is 0 Å². The van der Waals surface area contributed by atoms with Crippen LogP contribution >= 0.6 is 0 Å². The lowest BCUT2D eigenvalue weighted by Crippen LogP contribution is -2.35. The van der Waals surface area contributed by atoms with Crippen molar-refractivity contribution in [2.24, 2.45) is 11.8 Å². The number of likely N-dealkylation sites (tertiary alicyclic amines) is 1. The average Bonchev–Trinajstić information content (AvgIpc) is 2.26. The standard InChI is InChI=1S/C12H24N2O2/c1-10(12(15)16)3-6-13-9-11-4-7-14(2)8-5-11/h10-11,13H,3-9H2,1-2H3,(H,15,16). The number of hydrogen-bond donors (Lipinski definition) is 2. The van der Waals surface area contributed by atoms with Crippen LogP contribution in [-0.2, 0) is 4.79 Å². The molecule has 1 atom stereocenters. The van der Waals surface area contributed by atoms with Gasteiger partial charge >= 0.3 is 5.97 Å². The number of nitrogens with zero attached hydrogens (tertiary/aromatic N) is 1. The van der Waals surface area contributed by atoms with Crippen LogP contribution in [0.1, 0.15) is 26.2 Å². The van der Waals surface area contributed by atoms with Gasteiger partial charge in [0.25, 0.3) is 0 Å². The van der Waals surface area contributed by atoms with E-state index in [1.807, 2.05) is 0 Å². The SMILES string of the molecule is CC(CCNCC1CCN(C)CC1)C(=O)O. The van der Waals surface area contributed by atoms with Crippen LogP contribution in [0.3, 0.4) is 0 Å². The fourth-order valence-corrected chi connectivity index (χ4v) is 2.01. The summed E-state index contributed by atoms with van der Waals surface area (Å²) in [5.74, 6) is -0.151. The van der Waals surface area contributed by atoms with Crippen molar-refractivity contribution in [3.8, 4) is 0 Å². The number of carboxylic acid groups (broad SMARTS) is 1. The molecule has 0 radical (unpaired) electrons. The number of carboxylic acids is 1. The highest BCUT2D eigenvalue weighted by Crippen LogP contribution is 2.14. The second-order valence-electron chi connectivity index (χ2n) is 4.98. The van der Waals surface area contributed by atoms with Crippen LogP contribution in [0.5, 0.6) is 0 Å². The summed E-state index contributed by atoms with van der Waals surface area (Å²) in [4.78, 5) is 13.0.